The van der Waals surface area contributed by atoms with Gasteiger partial charge in [0, 0.05) is 0 Å². The fourth-order valence-corrected chi connectivity index (χ4v) is 4.63. The van der Waals surface area contributed by atoms with Gasteiger partial charge in [0.15, 0.2) is 9.84 Å². The number of carbonyl (C=O) groups is 1. The summed E-state index contributed by atoms with van der Waals surface area (Å²) in [6.45, 7) is 1.38. The lowest BCUT2D eigenvalue weighted by Gasteiger charge is -2.21. The molecular formula is C15H19FO4S. The molecule has 4 nitrogen and oxygen atoms in total. The third-order valence-electron chi connectivity index (χ3n) is 4.00. The van der Waals surface area contributed by atoms with Crippen molar-refractivity contribution in [2.24, 2.45) is 5.92 Å². The number of hydrogen-bond donors (Lipinski definition) is 1. The van der Waals surface area contributed by atoms with Gasteiger partial charge in [0.1, 0.15) is 5.82 Å². The van der Waals surface area contributed by atoms with Crippen molar-refractivity contribution in [2.75, 3.05) is 5.75 Å². The van der Waals surface area contributed by atoms with E-state index in [1.165, 1.54) is 13.0 Å². The Morgan fingerprint density at radius 3 is 2.48 bits per heavy atom. The van der Waals surface area contributed by atoms with Crippen LogP contribution in [0, 0.1) is 18.7 Å². The first-order chi connectivity index (χ1) is 9.81. The van der Waals surface area contributed by atoms with Crippen molar-refractivity contribution >= 4 is 15.8 Å². The Morgan fingerprint density at radius 1 is 1.29 bits per heavy atom. The third-order valence-corrected chi connectivity index (χ3v) is 5.86. The number of carboxylic acid groups (broad SMARTS) is 1. The highest BCUT2D eigenvalue weighted by Crippen LogP contribution is 2.28. The number of sulfone groups is 1. The van der Waals surface area contributed by atoms with Gasteiger partial charge in [-0.25, -0.2) is 17.6 Å². The Hall–Kier alpha value is -1.43. The zero-order chi connectivity index (χ0) is 15.6. The summed E-state index contributed by atoms with van der Waals surface area (Å²) >= 11 is 0. The van der Waals surface area contributed by atoms with Crippen LogP contribution >= 0.6 is 0 Å². The van der Waals surface area contributed by atoms with E-state index in [4.69, 9.17) is 5.11 Å². The molecule has 6 heteroatoms. The standard InChI is InChI=1S/C15H19FO4S/c1-10-7-12(8-13(14(10)16)15(17)18)21(19,20)9-11-5-3-2-4-6-11/h7-8,11H,2-6,9H2,1H3,(H,17,18). The van der Waals surface area contributed by atoms with Gasteiger partial charge >= 0.3 is 5.97 Å². The second-order valence-corrected chi connectivity index (χ2v) is 7.73. The van der Waals surface area contributed by atoms with Crippen molar-refractivity contribution in [3.8, 4) is 0 Å². The van der Waals surface area contributed by atoms with Crippen LogP contribution in [0.15, 0.2) is 17.0 Å². The van der Waals surface area contributed by atoms with E-state index in [0.29, 0.717) is 0 Å². The molecule has 1 aromatic rings. The van der Waals surface area contributed by atoms with Gasteiger partial charge in [-0.05, 0) is 43.4 Å². The van der Waals surface area contributed by atoms with E-state index in [1.807, 2.05) is 0 Å². The number of carboxylic acids is 1. The van der Waals surface area contributed by atoms with Crippen LogP contribution in [0.5, 0.6) is 0 Å². The lowest BCUT2D eigenvalue weighted by Crippen LogP contribution is -2.19. The van der Waals surface area contributed by atoms with Gasteiger partial charge in [-0.1, -0.05) is 19.3 Å². The highest BCUT2D eigenvalue weighted by atomic mass is 32.2. The van der Waals surface area contributed by atoms with Crippen LogP contribution in [0.3, 0.4) is 0 Å². The van der Waals surface area contributed by atoms with E-state index in [9.17, 15) is 17.6 Å². The molecule has 0 aromatic heterocycles. The lowest BCUT2D eigenvalue weighted by molar-refractivity contribution is 0.0691. The van der Waals surface area contributed by atoms with Crippen LogP contribution in [0.2, 0.25) is 0 Å². The number of halogens is 1. The van der Waals surface area contributed by atoms with E-state index < -0.39 is 27.2 Å². The van der Waals surface area contributed by atoms with Crippen LogP contribution < -0.4 is 0 Å². The Balaban J connectivity index is 2.33. The quantitative estimate of drug-likeness (QED) is 0.866. The SMILES string of the molecule is Cc1cc(S(=O)(=O)CC2CCCCC2)cc(C(=O)O)c1F. The summed E-state index contributed by atoms with van der Waals surface area (Å²) in [6.07, 6.45) is 4.96. The van der Waals surface area contributed by atoms with E-state index in [1.54, 1.807) is 0 Å². The van der Waals surface area contributed by atoms with Gasteiger partial charge in [0.25, 0.3) is 0 Å². The summed E-state index contributed by atoms with van der Waals surface area (Å²) in [5.74, 6) is -2.20. The molecule has 2 rings (SSSR count). The van der Waals surface area contributed by atoms with Crippen LogP contribution in [-0.4, -0.2) is 25.2 Å². The first-order valence-corrected chi connectivity index (χ1v) is 8.72. The Kier molecular flexibility index (Phi) is 4.66. The monoisotopic (exact) mass is 314 g/mol. The molecule has 1 fully saturated rings. The topological polar surface area (TPSA) is 71.4 Å². The van der Waals surface area contributed by atoms with Crippen molar-refractivity contribution in [1.82, 2.24) is 0 Å². The molecule has 1 aromatic carbocycles. The first-order valence-electron chi connectivity index (χ1n) is 7.07. The van der Waals surface area contributed by atoms with Crippen LogP contribution in [0.25, 0.3) is 0 Å². The fourth-order valence-electron chi connectivity index (χ4n) is 2.83. The highest BCUT2D eigenvalue weighted by molar-refractivity contribution is 7.91. The summed E-state index contributed by atoms with van der Waals surface area (Å²) in [4.78, 5) is 10.9. The molecular weight excluding hydrogens is 295 g/mol. The Bertz CT molecular complexity index is 646. The molecule has 0 atom stereocenters. The Labute approximate surface area is 123 Å². The van der Waals surface area contributed by atoms with Gasteiger partial charge in [0.2, 0.25) is 0 Å². The van der Waals surface area contributed by atoms with E-state index >= 15 is 0 Å². The average molecular weight is 314 g/mol. The number of hydrogen-bond acceptors (Lipinski definition) is 3. The zero-order valence-corrected chi connectivity index (χ0v) is 12.7. The molecule has 0 unspecified atom stereocenters. The summed E-state index contributed by atoms with van der Waals surface area (Å²) in [5.41, 5.74) is -0.547. The third kappa shape index (κ3) is 3.61. The van der Waals surface area contributed by atoms with Crippen molar-refractivity contribution in [3.63, 3.8) is 0 Å². The summed E-state index contributed by atoms with van der Waals surface area (Å²) < 4.78 is 38.6. The minimum atomic E-state index is -3.59. The predicted molar refractivity (Wildman–Crippen MR) is 76.7 cm³/mol. The first kappa shape index (κ1) is 15.9. The van der Waals surface area contributed by atoms with Gasteiger partial charge in [0.05, 0.1) is 16.2 Å². The van der Waals surface area contributed by atoms with Gasteiger partial charge in [-0.2, -0.15) is 0 Å². The fraction of sp³-hybridized carbons (Fsp3) is 0.533. The summed E-state index contributed by atoms with van der Waals surface area (Å²) in [5, 5.41) is 8.97. The number of aryl methyl sites for hydroxylation is 1. The van der Waals surface area contributed by atoms with Gasteiger partial charge in [-0.3, -0.25) is 0 Å². The number of rotatable bonds is 4. The lowest BCUT2D eigenvalue weighted by atomic mass is 9.91. The van der Waals surface area contributed by atoms with E-state index in [-0.39, 0.29) is 22.1 Å². The normalized spacial score (nSPS) is 16.9. The van der Waals surface area contributed by atoms with Crippen LogP contribution in [0.1, 0.15) is 48.0 Å². The molecule has 0 saturated heterocycles. The Morgan fingerprint density at radius 2 is 1.90 bits per heavy atom. The van der Waals surface area contributed by atoms with Gasteiger partial charge < -0.3 is 5.11 Å². The molecule has 1 N–H and O–H groups in total. The van der Waals surface area contributed by atoms with Crippen molar-refractivity contribution in [3.05, 3.63) is 29.1 Å². The van der Waals surface area contributed by atoms with Crippen molar-refractivity contribution < 1.29 is 22.7 Å². The summed E-state index contributed by atoms with van der Waals surface area (Å²) in [7, 11) is -3.59. The minimum absolute atomic E-state index is 0.0110. The second kappa shape index (κ2) is 6.13. The van der Waals surface area contributed by atoms with Crippen molar-refractivity contribution in [2.45, 2.75) is 43.9 Å². The second-order valence-electron chi connectivity index (χ2n) is 5.69. The van der Waals surface area contributed by atoms with E-state index in [2.05, 4.69) is 0 Å². The average Bonchev–Trinajstić information content (AvgIpc) is 2.41. The molecule has 0 spiro atoms. The molecule has 0 radical (unpaired) electrons. The highest BCUT2D eigenvalue weighted by Gasteiger charge is 2.25. The molecule has 0 bridgehead atoms. The van der Waals surface area contributed by atoms with Crippen molar-refractivity contribution in [1.29, 1.82) is 0 Å². The zero-order valence-electron chi connectivity index (χ0n) is 11.9. The smallest absolute Gasteiger partial charge is 0.338 e. The van der Waals surface area contributed by atoms with E-state index in [0.717, 1.165) is 38.2 Å². The molecule has 0 amide bonds. The van der Waals surface area contributed by atoms with Crippen LogP contribution in [0.4, 0.5) is 4.39 Å². The molecule has 1 aliphatic carbocycles. The number of aromatic carboxylic acids is 1. The molecule has 0 heterocycles. The minimum Gasteiger partial charge on any atom is -0.478 e. The maximum absolute atomic E-state index is 13.7. The molecule has 116 valence electrons. The molecule has 0 aliphatic heterocycles. The number of benzene rings is 1. The van der Waals surface area contributed by atoms with Crippen LogP contribution in [-0.2, 0) is 9.84 Å². The summed E-state index contributed by atoms with van der Waals surface area (Å²) in [6, 6.07) is 2.16. The molecule has 21 heavy (non-hydrogen) atoms. The molecule has 1 saturated carbocycles. The maximum Gasteiger partial charge on any atom is 0.338 e. The predicted octanol–water partition coefficient (Wildman–Crippen LogP) is 3.19. The largest absolute Gasteiger partial charge is 0.478 e. The maximum atomic E-state index is 13.7. The van der Waals surface area contributed by atoms with Gasteiger partial charge in [-0.15, -0.1) is 0 Å². The molecule has 1 aliphatic rings.